The Hall–Kier alpha value is -4.08. The number of amides is 3. The van der Waals surface area contributed by atoms with Crippen molar-refractivity contribution >= 4 is 24.1 Å². The minimum atomic E-state index is -0.665. The third-order valence-electron chi connectivity index (χ3n) is 6.56. The van der Waals surface area contributed by atoms with Crippen LogP contribution in [0.5, 0.6) is 0 Å². The standard InChI is InChI=1S/C34H49N3O7/c1-34(2,3)44-32(40)36-23-15-6-4-5-13-22-30(38)29(37-33(41)43-26-28-19-11-8-12-20-28)21-14-16-24-35-31(39)42-25-27-17-9-7-10-18-27/h7-12,17-20,29H,4-6,13-16,21-26H2,1-3H3,(H,35,39)(H,36,40)(H,37,41)/t29-/m0/s1. The monoisotopic (exact) mass is 611 g/mol. The Kier molecular flexibility index (Phi) is 17.0. The average molecular weight is 612 g/mol. The number of ether oxygens (including phenoxy) is 3. The van der Waals surface area contributed by atoms with E-state index in [1.807, 2.05) is 81.4 Å². The molecular weight excluding hydrogens is 562 g/mol. The molecule has 10 nitrogen and oxygen atoms in total. The van der Waals surface area contributed by atoms with Gasteiger partial charge in [0.05, 0.1) is 6.04 Å². The fourth-order valence-electron chi connectivity index (χ4n) is 4.29. The highest BCUT2D eigenvalue weighted by molar-refractivity contribution is 5.87. The summed E-state index contributed by atoms with van der Waals surface area (Å²) < 4.78 is 15.8. The van der Waals surface area contributed by atoms with Crippen molar-refractivity contribution in [1.29, 1.82) is 0 Å². The minimum absolute atomic E-state index is 0.0384. The molecule has 0 fully saturated rings. The first-order chi connectivity index (χ1) is 21.1. The van der Waals surface area contributed by atoms with Crippen molar-refractivity contribution in [3.63, 3.8) is 0 Å². The molecule has 0 saturated heterocycles. The second-order valence-corrected chi connectivity index (χ2v) is 11.7. The van der Waals surface area contributed by atoms with Gasteiger partial charge < -0.3 is 30.2 Å². The van der Waals surface area contributed by atoms with E-state index in [9.17, 15) is 19.2 Å². The second-order valence-electron chi connectivity index (χ2n) is 11.7. The molecule has 0 aliphatic rings. The van der Waals surface area contributed by atoms with E-state index in [-0.39, 0.29) is 19.0 Å². The fourth-order valence-corrected chi connectivity index (χ4v) is 4.29. The molecule has 0 heterocycles. The Bertz CT molecular complexity index is 1120. The molecule has 2 rings (SSSR count). The Balaban J connectivity index is 1.69. The first kappa shape index (κ1) is 36.1. The summed E-state index contributed by atoms with van der Waals surface area (Å²) in [5, 5.41) is 8.22. The molecule has 0 aliphatic carbocycles. The third-order valence-corrected chi connectivity index (χ3v) is 6.56. The van der Waals surface area contributed by atoms with Crippen molar-refractivity contribution in [3.05, 3.63) is 71.8 Å². The molecule has 0 aliphatic heterocycles. The van der Waals surface area contributed by atoms with Gasteiger partial charge in [0.15, 0.2) is 5.78 Å². The molecule has 2 aromatic rings. The molecule has 44 heavy (non-hydrogen) atoms. The molecule has 0 spiro atoms. The van der Waals surface area contributed by atoms with E-state index in [4.69, 9.17) is 14.2 Å². The van der Waals surface area contributed by atoms with Crippen LogP contribution in [0.1, 0.15) is 89.7 Å². The van der Waals surface area contributed by atoms with E-state index in [0.717, 1.165) is 36.8 Å². The van der Waals surface area contributed by atoms with Crippen LogP contribution in [-0.4, -0.2) is 48.8 Å². The number of carbonyl (C=O) groups excluding carboxylic acids is 4. The van der Waals surface area contributed by atoms with Crippen LogP contribution in [0.3, 0.4) is 0 Å². The maximum atomic E-state index is 13.0. The van der Waals surface area contributed by atoms with Crippen LogP contribution in [0.2, 0.25) is 0 Å². The molecule has 0 saturated carbocycles. The summed E-state index contributed by atoms with van der Waals surface area (Å²) in [6.45, 7) is 6.73. The Morgan fingerprint density at radius 2 is 1.14 bits per heavy atom. The molecule has 0 unspecified atom stereocenters. The van der Waals surface area contributed by atoms with Gasteiger partial charge in [-0.1, -0.05) is 79.9 Å². The summed E-state index contributed by atoms with van der Waals surface area (Å²) in [5.74, 6) is -0.0384. The summed E-state index contributed by atoms with van der Waals surface area (Å²) in [6.07, 6.45) is 4.78. The molecule has 10 heteroatoms. The van der Waals surface area contributed by atoms with Crippen LogP contribution >= 0.6 is 0 Å². The minimum Gasteiger partial charge on any atom is -0.445 e. The van der Waals surface area contributed by atoms with Crippen LogP contribution in [-0.2, 0) is 32.2 Å². The molecular formula is C34H49N3O7. The number of hydrogen-bond donors (Lipinski definition) is 3. The molecule has 3 N–H and O–H groups in total. The molecule has 0 radical (unpaired) electrons. The average Bonchev–Trinajstić information content (AvgIpc) is 2.99. The van der Waals surface area contributed by atoms with Crippen molar-refractivity contribution < 1.29 is 33.4 Å². The Morgan fingerprint density at radius 1 is 0.636 bits per heavy atom. The Labute approximate surface area is 261 Å². The smallest absolute Gasteiger partial charge is 0.408 e. The van der Waals surface area contributed by atoms with E-state index >= 15 is 0 Å². The number of benzene rings is 2. The lowest BCUT2D eigenvalue weighted by Gasteiger charge is -2.19. The SMILES string of the molecule is CC(C)(C)OC(=O)NCCCCCCCC(=O)[C@H](CCCCNC(=O)OCc1ccccc1)NC(=O)OCc1ccccc1. The lowest BCUT2D eigenvalue weighted by atomic mass is 10.00. The van der Waals surface area contributed by atoms with E-state index < -0.39 is 29.9 Å². The van der Waals surface area contributed by atoms with Crippen molar-refractivity contribution in [2.75, 3.05) is 13.1 Å². The number of alkyl carbamates (subject to hydrolysis) is 3. The summed E-state index contributed by atoms with van der Waals surface area (Å²) in [4.78, 5) is 49.2. The summed E-state index contributed by atoms with van der Waals surface area (Å²) in [7, 11) is 0. The quantitative estimate of drug-likeness (QED) is 0.117. The zero-order chi connectivity index (χ0) is 32.0. The van der Waals surface area contributed by atoms with Crippen LogP contribution in [0.4, 0.5) is 14.4 Å². The van der Waals surface area contributed by atoms with Crippen molar-refractivity contribution in [3.8, 4) is 0 Å². The number of Topliss-reactive ketones (excluding diaryl/α,β-unsaturated/α-hetero) is 1. The summed E-state index contributed by atoms with van der Waals surface area (Å²) >= 11 is 0. The Morgan fingerprint density at radius 3 is 1.73 bits per heavy atom. The molecule has 242 valence electrons. The topological polar surface area (TPSA) is 132 Å². The third kappa shape index (κ3) is 17.8. The maximum Gasteiger partial charge on any atom is 0.408 e. The highest BCUT2D eigenvalue weighted by atomic mass is 16.6. The molecule has 3 amide bonds. The normalized spacial score (nSPS) is 11.6. The fraction of sp³-hybridized carbons (Fsp3) is 0.529. The number of ketones is 1. The van der Waals surface area contributed by atoms with Gasteiger partial charge in [-0.2, -0.15) is 0 Å². The van der Waals surface area contributed by atoms with Crippen LogP contribution in [0.15, 0.2) is 60.7 Å². The second kappa shape index (κ2) is 20.8. The van der Waals surface area contributed by atoms with E-state index in [1.54, 1.807) is 0 Å². The molecule has 0 bridgehead atoms. The van der Waals surface area contributed by atoms with Gasteiger partial charge in [-0.3, -0.25) is 4.79 Å². The number of nitrogens with one attached hydrogen (secondary N) is 3. The predicted molar refractivity (Wildman–Crippen MR) is 169 cm³/mol. The highest BCUT2D eigenvalue weighted by Crippen LogP contribution is 2.12. The van der Waals surface area contributed by atoms with Crippen molar-refractivity contribution in [1.82, 2.24) is 16.0 Å². The molecule has 0 aromatic heterocycles. The van der Waals surface area contributed by atoms with Crippen LogP contribution in [0, 0.1) is 0 Å². The van der Waals surface area contributed by atoms with E-state index in [1.165, 1.54) is 0 Å². The van der Waals surface area contributed by atoms with Crippen LogP contribution in [0.25, 0.3) is 0 Å². The van der Waals surface area contributed by atoms with Gasteiger partial charge in [-0.25, -0.2) is 14.4 Å². The van der Waals surface area contributed by atoms with E-state index in [2.05, 4.69) is 16.0 Å². The lowest BCUT2D eigenvalue weighted by molar-refractivity contribution is -0.121. The van der Waals surface area contributed by atoms with Crippen molar-refractivity contribution in [2.24, 2.45) is 0 Å². The van der Waals surface area contributed by atoms with Gasteiger partial charge in [-0.15, -0.1) is 0 Å². The lowest BCUT2D eigenvalue weighted by Crippen LogP contribution is -2.41. The number of unbranched alkanes of at least 4 members (excludes halogenated alkanes) is 5. The first-order valence-corrected chi connectivity index (χ1v) is 15.5. The van der Waals surface area contributed by atoms with Gasteiger partial charge in [0.25, 0.3) is 0 Å². The summed E-state index contributed by atoms with van der Waals surface area (Å²) in [5.41, 5.74) is 1.25. The summed E-state index contributed by atoms with van der Waals surface area (Å²) in [6, 6.07) is 18.1. The van der Waals surface area contributed by atoms with Gasteiger partial charge in [0.2, 0.25) is 0 Å². The van der Waals surface area contributed by atoms with Gasteiger partial charge in [0.1, 0.15) is 18.8 Å². The number of hydrogen-bond acceptors (Lipinski definition) is 7. The zero-order valence-electron chi connectivity index (χ0n) is 26.4. The highest BCUT2D eigenvalue weighted by Gasteiger charge is 2.21. The zero-order valence-corrected chi connectivity index (χ0v) is 26.4. The van der Waals surface area contributed by atoms with Gasteiger partial charge in [-0.05, 0) is 64.0 Å². The largest absolute Gasteiger partial charge is 0.445 e. The first-order valence-electron chi connectivity index (χ1n) is 15.5. The number of carbonyl (C=O) groups is 4. The van der Waals surface area contributed by atoms with Gasteiger partial charge in [0, 0.05) is 19.5 Å². The molecule has 1 atom stereocenters. The van der Waals surface area contributed by atoms with Gasteiger partial charge >= 0.3 is 18.3 Å². The van der Waals surface area contributed by atoms with Crippen molar-refractivity contribution in [2.45, 2.75) is 103 Å². The van der Waals surface area contributed by atoms with Crippen LogP contribution < -0.4 is 16.0 Å². The predicted octanol–water partition coefficient (Wildman–Crippen LogP) is 6.81. The van der Waals surface area contributed by atoms with E-state index in [0.29, 0.717) is 45.2 Å². The number of rotatable bonds is 19. The molecule has 2 aromatic carbocycles. The maximum absolute atomic E-state index is 13.0.